The molecule has 0 aromatic carbocycles. The highest BCUT2D eigenvalue weighted by Crippen LogP contribution is 2.39. The van der Waals surface area contributed by atoms with Crippen LogP contribution in [0.5, 0.6) is 0 Å². The van der Waals surface area contributed by atoms with E-state index >= 15 is 0 Å². The van der Waals surface area contributed by atoms with Gasteiger partial charge < -0.3 is 11.2 Å². The highest BCUT2D eigenvalue weighted by molar-refractivity contribution is 8.00. The third-order valence-corrected chi connectivity index (χ3v) is 6.38. The van der Waals surface area contributed by atoms with Gasteiger partial charge in [-0.05, 0) is 38.0 Å². The minimum Gasteiger partial charge on any atom is -0.352 e. The second-order valence-electron chi connectivity index (χ2n) is 7.13. The average Bonchev–Trinajstić information content (AvgIpc) is 3.30. The highest BCUT2D eigenvalue weighted by Gasteiger charge is 2.32. The van der Waals surface area contributed by atoms with Gasteiger partial charge in [0.15, 0.2) is 5.82 Å². The van der Waals surface area contributed by atoms with Gasteiger partial charge in [-0.25, -0.2) is 4.68 Å². The fraction of sp³-hybridized carbons (Fsp3) is 0.812. The molecule has 128 valence electrons. The molecule has 3 N–H and O–H groups in total. The normalized spacial score (nSPS) is 29.3. The van der Waals surface area contributed by atoms with Gasteiger partial charge in [-0.3, -0.25) is 4.79 Å². The molecule has 3 rings (SSSR count). The molecule has 0 aliphatic heterocycles. The molecule has 1 amide bonds. The molecular weight excluding hydrogens is 310 g/mol. The van der Waals surface area contributed by atoms with Crippen molar-refractivity contribution in [2.45, 2.75) is 75.2 Å². The van der Waals surface area contributed by atoms with Gasteiger partial charge in [-0.2, -0.15) is 0 Å². The predicted octanol–water partition coefficient (Wildman–Crippen LogP) is 2.29. The van der Waals surface area contributed by atoms with Gasteiger partial charge in [0.05, 0.1) is 5.25 Å². The summed E-state index contributed by atoms with van der Waals surface area (Å²) in [6, 6.07) is 0.284. The quantitative estimate of drug-likeness (QED) is 0.636. The molecule has 2 fully saturated rings. The molecule has 0 radical (unpaired) electrons. The number of nitrogens with two attached hydrogens (primary N) is 1. The Labute approximate surface area is 142 Å². The lowest BCUT2D eigenvalue weighted by Crippen LogP contribution is -2.46. The molecular formula is C16H27N5OS. The number of hydrogen-bond acceptors (Lipinski definition) is 5. The number of thioether (sulfide) groups is 1. The zero-order valence-corrected chi connectivity index (χ0v) is 15.0. The number of nitrogens with zero attached hydrogens (tertiary/aromatic N) is 3. The second kappa shape index (κ2) is 6.71. The van der Waals surface area contributed by atoms with E-state index in [0.29, 0.717) is 22.9 Å². The molecule has 0 bridgehead atoms. The first-order valence-electron chi connectivity index (χ1n) is 8.64. The number of nitrogens with one attached hydrogen (secondary N) is 1. The summed E-state index contributed by atoms with van der Waals surface area (Å²) in [5, 5.41) is 11.9. The molecule has 2 aliphatic carbocycles. The van der Waals surface area contributed by atoms with Crippen molar-refractivity contribution >= 4 is 17.7 Å². The maximum Gasteiger partial charge on any atom is 0.233 e. The number of aromatic nitrogens is 3. The van der Waals surface area contributed by atoms with Crippen molar-refractivity contribution in [1.29, 1.82) is 0 Å². The van der Waals surface area contributed by atoms with E-state index < -0.39 is 0 Å². The van der Waals surface area contributed by atoms with Gasteiger partial charge >= 0.3 is 0 Å². The molecule has 1 aromatic heterocycles. The Kier molecular flexibility index (Phi) is 4.85. The van der Waals surface area contributed by atoms with Crippen LogP contribution in [0.25, 0.3) is 0 Å². The molecule has 23 heavy (non-hydrogen) atoms. The van der Waals surface area contributed by atoms with Gasteiger partial charge in [0, 0.05) is 12.0 Å². The van der Waals surface area contributed by atoms with Crippen LogP contribution in [0.4, 0.5) is 0 Å². The lowest BCUT2D eigenvalue weighted by Gasteiger charge is -2.35. The third-order valence-electron chi connectivity index (χ3n) is 5.32. The Morgan fingerprint density at radius 1 is 1.30 bits per heavy atom. The summed E-state index contributed by atoms with van der Waals surface area (Å²) >= 11 is 1.39. The summed E-state index contributed by atoms with van der Waals surface area (Å²) in [7, 11) is 0. The smallest absolute Gasteiger partial charge is 0.233 e. The highest BCUT2D eigenvalue weighted by atomic mass is 32.2. The van der Waals surface area contributed by atoms with Crippen LogP contribution >= 0.6 is 11.8 Å². The van der Waals surface area contributed by atoms with Crippen molar-refractivity contribution in [1.82, 2.24) is 20.2 Å². The monoisotopic (exact) mass is 337 g/mol. The van der Waals surface area contributed by atoms with Gasteiger partial charge in [0.25, 0.3) is 0 Å². The Bertz CT molecular complexity index is 571. The SMILES string of the molecule is C[C@@H]1[C@H](C)CCC[C@@H]1NC(=O)[C@@H](C)Sc1nnc(C2CC2)n1N. The van der Waals surface area contributed by atoms with E-state index in [4.69, 9.17) is 5.84 Å². The van der Waals surface area contributed by atoms with E-state index in [0.717, 1.165) is 25.1 Å². The third kappa shape index (κ3) is 3.65. The number of hydrogen-bond donors (Lipinski definition) is 2. The minimum atomic E-state index is -0.224. The van der Waals surface area contributed by atoms with E-state index in [9.17, 15) is 4.79 Å². The standard InChI is InChI=1S/C16H27N5OS/c1-9-5-4-6-13(10(9)2)18-15(22)11(3)23-16-20-19-14(21(16)17)12-7-8-12/h9-13H,4-8,17H2,1-3H3,(H,18,22)/t9-,10-,11-,13+/m1/s1. The molecule has 2 aliphatic rings. The minimum absolute atomic E-state index is 0.0666. The average molecular weight is 337 g/mol. The number of carbonyl (C=O) groups is 1. The lowest BCUT2D eigenvalue weighted by molar-refractivity contribution is -0.121. The molecule has 6 nitrogen and oxygen atoms in total. The molecule has 0 unspecified atom stereocenters. The van der Waals surface area contributed by atoms with Crippen LogP contribution in [0.2, 0.25) is 0 Å². The van der Waals surface area contributed by atoms with E-state index in [2.05, 4.69) is 29.4 Å². The van der Waals surface area contributed by atoms with Crippen molar-refractivity contribution < 1.29 is 4.79 Å². The summed E-state index contributed by atoms with van der Waals surface area (Å²) in [6.07, 6.45) is 5.80. The molecule has 2 saturated carbocycles. The fourth-order valence-electron chi connectivity index (χ4n) is 3.29. The van der Waals surface area contributed by atoms with E-state index in [1.54, 1.807) is 4.68 Å². The summed E-state index contributed by atoms with van der Waals surface area (Å²) in [6.45, 7) is 6.42. The van der Waals surface area contributed by atoms with Crippen LogP contribution < -0.4 is 11.2 Å². The van der Waals surface area contributed by atoms with Gasteiger partial charge in [-0.15, -0.1) is 10.2 Å². The van der Waals surface area contributed by atoms with Crippen LogP contribution in [-0.4, -0.2) is 32.1 Å². The summed E-state index contributed by atoms with van der Waals surface area (Å²) in [5.41, 5.74) is 0. The van der Waals surface area contributed by atoms with Crippen LogP contribution in [-0.2, 0) is 4.79 Å². The van der Waals surface area contributed by atoms with E-state index in [1.165, 1.54) is 24.6 Å². The zero-order valence-electron chi connectivity index (χ0n) is 14.2. The van der Waals surface area contributed by atoms with E-state index in [-0.39, 0.29) is 17.2 Å². The van der Waals surface area contributed by atoms with Gasteiger partial charge in [-0.1, -0.05) is 38.5 Å². The Balaban J connectivity index is 1.57. The number of nitrogen functional groups attached to an aromatic ring is 1. The van der Waals surface area contributed by atoms with Crippen LogP contribution in [0, 0.1) is 11.8 Å². The molecule has 7 heteroatoms. The zero-order chi connectivity index (χ0) is 16.6. The second-order valence-corrected chi connectivity index (χ2v) is 8.44. The maximum absolute atomic E-state index is 12.5. The molecule has 1 aromatic rings. The number of carbonyl (C=O) groups excluding carboxylic acids is 1. The van der Waals surface area contributed by atoms with Crippen molar-refractivity contribution in [2.24, 2.45) is 11.8 Å². The first kappa shape index (κ1) is 16.6. The van der Waals surface area contributed by atoms with Crippen molar-refractivity contribution in [2.75, 3.05) is 5.84 Å². The lowest BCUT2D eigenvalue weighted by atomic mass is 9.78. The summed E-state index contributed by atoms with van der Waals surface area (Å²) in [5.74, 6) is 8.62. The van der Waals surface area contributed by atoms with Gasteiger partial charge in [0.2, 0.25) is 11.1 Å². The molecule has 1 heterocycles. The Morgan fingerprint density at radius 3 is 2.74 bits per heavy atom. The Hall–Kier alpha value is -1.24. The number of rotatable bonds is 5. The first-order valence-corrected chi connectivity index (χ1v) is 9.52. The number of amides is 1. The molecule has 0 spiro atoms. The first-order chi connectivity index (χ1) is 11.0. The fourth-order valence-corrected chi connectivity index (χ4v) is 4.07. The maximum atomic E-state index is 12.5. The Morgan fingerprint density at radius 2 is 2.04 bits per heavy atom. The van der Waals surface area contributed by atoms with Crippen molar-refractivity contribution in [3.05, 3.63) is 5.82 Å². The summed E-state index contributed by atoms with van der Waals surface area (Å²) < 4.78 is 1.55. The van der Waals surface area contributed by atoms with Crippen molar-refractivity contribution in [3.8, 4) is 0 Å². The summed E-state index contributed by atoms with van der Waals surface area (Å²) in [4.78, 5) is 12.5. The topological polar surface area (TPSA) is 85.8 Å². The van der Waals surface area contributed by atoms with Crippen LogP contribution in [0.1, 0.15) is 64.6 Å². The molecule has 0 saturated heterocycles. The molecule has 4 atom stereocenters. The van der Waals surface area contributed by atoms with E-state index in [1.807, 2.05) is 6.92 Å². The largest absolute Gasteiger partial charge is 0.352 e. The van der Waals surface area contributed by atoms with Crippen molar-refractivity contribution in [3.63, 3.8) is 0 Å². The van der Waals surface area contributed by atoms with Crippen LogP contribution in [0.15, 0.2) is 5.16 Å². The van der Waals surface area contributed by atoms with Crippen LogP contribution in [0.3, 0.4) is 0 Å². The van der Waals surface area contributed by atoms with Gasteiger partial charge in [0.1, 0.15) is 0 Å². The predicted molar refractivity (Wildman–Crippen MR) is 91.6 cm³/mol.